The highest BCUT2D eigenvalue weighted by atomic mass is 32.2. The van der Waals surface area contributed by atoms with Crippen molar-refractivity contribution in [3.63, 3.8) is 0 Å². The van der Waals surface area contributed by atoms with Crippen LogP contribution < -0.4 is 5.73 Å². The monoisotopic (exact) mass is 179 g/mol. The first-order valence-electron chi connectivity index (χ1n) is 2.86. The van der Waals surface area contributed by atoms with Crippen LogP contribution in [0.15, 0.2) is 0 Å². The standard InChI is InChI=1S/C5H9NO4S/c1-3(2-11(9)10)4(6)5(7)8/h2-4H,6H2,1H3,(H,7,8)/t3?,4-/m0/s1. The molecule has 0 aromatic heterocycles. The van der Waals surface area contributed by atoms with Gasteiger partial charge in [0.2, 0.25) is 10.3 Å². The van der Waals surface area contributed by atoms with Crippen LogP contribution >= 0.6 is 0 Å². The lowest BCUT2D eigenvalue weighted by Gasteiger charge is -2.08. The molecule has 0 bridgehead atoms. The Kier molecular flexibility index (Phi) is 3.77. The Balaban J connectivity index is 4.38. The summed E-state index contributed by atoms with van der Waals surface area (Å²) in [6, 6.07) is -1.16. The van der Waals surface area contributed by atoms with Gasteiger partial charge in [-0.1, -0.05) is 6.92 Å². The van der Waals surface area contributed by atoms with Gasteiger partial charge >= 0.3 is 5.97 Å². The van der Waals surface area contributed by atoms with E-state index in [2.05, 4.69) is 0 Å². The van der Waals surface area contributed by atoms with Crippen LogP contribution in [0.4, 0.5) is 0 Å². The number of aliphatic carboxylic acids is 1. The molecule has 5 nitrogen and oxygen atoms in total. The smallest absolute Gasteiger partial charge is 0.321 e. The molecule has 0 aromatic rings. The Morgan fingerprint density at radius 3 is 2.36 bits per heavy atom. The number of rotatable bonds is 3. The first kappa shape index (κ1) is 10.1. The highest BCUT2D eigenvalue weighted by molar-refractivity contribution is 7.71. The molecular weight excluding hydrogens is 170 g/mol. The third-order valence-corrected chi connectivity index (χ3v) is 1.83. The molecule has 0 fully saturated rings. The summed E-state index contributed by atoms with van der Waals surface area (Å²) in [7, 11) is -2.35. The summed E-state index contributed by atoms with van der Waals surface area (Å²) in [6.07, 6.45) is 0. The quantitative estimate of drug-likeness (QED) is 0.526. The zero-order chi connectivity index (χ0) is 9.02. The lowest BCUT2D eigenvalue weighted by molar-refractivity contribution is -0.139. The molecule has 0 aliphatic carbocycles. The van der Waals surface area contributed by atoms with E-state index in [1.165, 1.54) is 6.92 Å². The largest absolute Gasteiger partial charge is 0.480 e. The molecule has 2 atom stereocenters. The van der Waals surface area contributed by atoms with Crippen LogP contribution in [0.2, 0.25) is 0 Å². The second-order valence-electron chi connectivity index (χ2n) is 2.12. The highest BCUT2D eigenvalue weighted by Crippen LogP contribution is 1.95. The first-order chi connectivity index (χ1) is 4.95. The number of hydrogen-bond donors (Lipinski definition) is 2. The summed E-state index contributed by atoms with van der Waals surface area (Å²) in [6.45, 7) is 1.43. The van der Waals surface area contributed by atoms with Crippen LogP contribution in [0.1, 0.15) is 6.92 Å². The van der Waals surface area contributed by atoms with Gasteiger partial charge < -0.3 is 10.8 Å². The molecular formula is C5H9NO4S. The molecule has 0 saturated carbocycles. The first-order valence-corrected chi connectivity index (χ1v) is 4.00. The van der Waals surface area contributed by atoms with E-state index in [1.807, 2.05) is 0 Å². The molecule has 0 spiro atoms. The van der Waals surface area contributed by atoms with Gasteiger partial charge in [0.1, 0.15) is 6.04 Å². The third kappa shape index (κ3) is 3.74. The number of carbonyl (C=O) groups is 1. The molecule has 3 N–H and O–H groups in total. The van der Waals surface area contributed by atoms with Gasteiger partial charge in [0.15, 0.2) is 0 Å². The minimum Gasteiger partial charge on any atom is -0.480 e. The number of carboxylic acids is 1. The van der Waals surface area contributed by atoms with Crippen molar-refractivity contribution in [1.29, 1.82) is 0 Å². The Morgan fingerprint density at radius 1 is 1.64 bits per heavy atom. The van der Waals surface area contributed by atoms with Crippen LogP contribution in [-0.4, -0.2) is 30.9 Å². The molecule has 11 heavy (non-hydrogen) atoms. The normalized spacial score (nSPS) is 15.1. The van der Waals surface area contributed by atoms with E-state index in [9.17, 15) is 13.2 Å². The molecule has 0 aliphatic heterocycles. The molecule has 0 heterocycles. The SMILES string of the molecule is CC(C=S(=O)=O)[C@H](N)C(=O)O. The second-order valence-corrected chi connectivity index (χ2v) is 2.91. The van der Waals surface area contributed by atoms with E-state index in [0.717, 1.165) is 5.37 Å². The fraction of sp³-hybridized carbons (Fsp3) is 0.600. The predicted octanol–water partition coefficient (Wildman–Crippen LogP) is -1.28. The molecule has 6 heteroatoms. The van der Waals surface area contributed by atoms with Crippen LogP contribution in [0.25, 0.3) is 0 Å². The minimum absolute atomic E-state index is 0.675. The molecule has 0 radical (unpaired) electrons. The van der Waals surface area contributed by atoms with Crippen molar-refractivity contribution in [3.05, 3.63) is 0 Å². The number of carboxylic acid groups (broad SMARTS) is 1. The third-order valence-electron chi connectivity index (χ3n) is 1.18. The van der Waals surface area contributed by atoms with Crippen LogP contribution in [0, 0.1) is 5.92 Å². The Hall–Kier alpha value is -0.880. The summed E-state index contributed by atoms with van der Waals surface area (Å²) < 4.78 is 20.1. The van der Waals surface area contributed by atoms with Crippen molar-refractivity contribution in [2.75, 3.05) is 0 Å². The van der Waals surface area contributed by atoms with Gasteiger partial charge in [0, 0.05) is 11.3 Å². The molecule has 0 amide bonds. The zero-order valence-electron chi connectivity index (χ0n) is 5.89. The van der Waals surface area contributed by atoms with E-state index >= 15 is 0 Å². The van der Waals surface area contributed by atoms with E-state index in [0.29, 0.717) is 0 Å². The van der Waals surface area contributed by atoms with Gasteiger partial charge in [-0.05, 0) is 0 Å². The van der Waals surface area contributed by atoms with Gasteiger partial charge in [0.05, 0.1) is 0 Å². The van der Waals surface area contributed by atoms with Gasteiger partial charge in [-0.25, -0.2) is 0 Å². The van der Waals surface area contributed by atoms with Crippen LogP contribution in [-0.2, 0) is 15.1 Å². The van der Waals surface area contributed by atoms with E-state index in [1.54, 1.807) is 0 Å². The minimum atomic E-state index is -2.35. The lowest BCUT2D eigenvalue weighted by atomic mass is 10.1. The number of hydrogen-bond acceptors (Lipinski definition) is 4. The molecule has 0 rings (SSSR count). The maximum atomic E-state index is 10.2. The Morgan fingerprint density at radius 2 is 2.09 bits per heavy atom. The van der Waals surface area contributed by atoms with Crippen molar-refractivity contribution in [2.24, 2.45) is 11.7 Å². The topological polar surface area (TPSA) is 97.5 Å². The maximum absolute atomic E-state index is 10.2. The van der Waals surface area contributed by atoms with Crippen LogP contribution in [0.5, 0.6) is 0 Å². The molecule has 1 unspecified atom stereocenters. The Labute approximate surface area is 65.4 Å². The summed E-state index contributed by atoms with van der Waals surface area (Å²) in [5, 5.41) is 9.18. The second kappa shape index (κ2) is 4.09. The van der Waals surface area contributed by atoms with E-state index < -0.39 is 28.2 Å². The van der Waals surface area contributed by atoms with Gasteiger partial charge in [-0.2, -0.15) is 8.42 Å². The Bertz CT molecular complexity index is 260. The fourth-order valence-electron chi connectivity index (χ4n) is 0.485. The average Bonchev–Trinajstić information content (AvgIpc) is 1.84. The van der Waals surface area contributed by atoms with E-state index in [-0.39, 0.29) is 0 Å². The lowest BCUT2D eigenvalue weighted by Crippen LogP contribution is -2.37. The average molecular weight is 179 g/mol. The summed E-state index contributed by atoms with van der Waals surface area (Å²) >= 11 is 0. The summed E-state index contributed by atoms with van der Waals surface area (Å²) in [5.41, 5.74) is 5.10. The van der Waals surface area contributed by atoms with Crippen molar-refractivity contribution >= 4 is 21.6 Å². The maximum Gasteiger partial charge on any atom is 0.321 e. The molecule has 0 saturated heterocycles. The van der Waals surface area contributed by atoms with Gasteiger partial charge in [-0.15, -0.1) is 0 Å². The molecule has 0 aromatic carbocycles. The fourth-order valence-corrected chi connectivity index (χ4v) is 1.00. The molecule has 64 valence electrons. The number of nitrogens with two attached hydrogens (primary N) is 1. The molecule has 0 aliphatic rings. The van der Waals surface area contributed by atoms with Crippen molar-refractivity contribution in [2.45, 2.75) is 13.0 Å². The van der Waals surface area contributed by atoms with Crippen LogP contribution in [0.3, 0.4) is 0 Å². The van der Waals surface area contributed by atoms with Crippen molar-refractivity contribution < 1.29 is 18.3 Å². The zero-order valence-corrected chi connectivity index (χ0v) is 6.71. The van der Waals surface area contributed by atoms with E-state index in [4.69, 9.17) is 10.8 Å². The predicted molar refractivity (Wildman–Crippen MR) is 39.8 cm³/mol. The van der Waals surface area contributed by atoms with Crippen molar-refractivity contribution in [1.82, 2.24) is 0 Å². The van der Waals surface area contributed by atoms with Crippen molar-refractivity contribution in [3.8, 4) is 0 Å². The summed E-state index contributed by atoms with van der Waals surface area (Å²) in [4.78, 5) is 10.2. The van der Waals surface area contributed by atoms with Gasteiger partial charge in [-0.3, -0.25) is 4.79 Å². The van der Waals surface area contributed by atoms with Gasteiger partial charge in [0.25, 0.3) is 0 Å². The highest BCUT2D eigenvalue weighted by Gasteiger charge is 2.17. The summed E-state index contributed by atoms with van der Waals surface area (Å²) in [5.74, 6) is -1.88.